The molecule has 0 fully saturated rings. The van der Waals surface area contributed by atoms with Crippen LogP contribution in [0.1, 0.15) is 47.6 Å². The number of carbonyl (C=O) groups is 3. The number of hydrogen-bond donors (Lipinski definition) is 4. The molecule has 0 saturated carbocycles. The van der Waals surface area contributed by atoms with Gasteiger partial charge in [0, 0.05) is 17.0 Å². The van der Waals surface area contributed by atoms with Crippen molar-refractivity contribution in [3.63, 3.8) is 0 Å². The molecule has 0 saturated heterocycles. The average Bonchev–Trinajstić information content (AvgIpc) is 3.63. The molecule has 0 unspecified atom stereocenters. The second-order valence-corrected chi connectivity index (χ2v) is 10.8. The van der Waals surface area contributed by atoms with Crippen LogP contribution in [0.5, 0.6) is 0 Å². The minimum atomic E-state index is -0.898. The highest BCUT2D eigenvalue weighted by atomic mass is 32.2. The number of nitrogens with one attached hydrogen (secondary N) is 1. The highest BCUT2D eigenvalue weighted by Crippen LogP contribution is 2.42. The standard InChI is InChI=1S/C25H29N7O7S/c26-38-39-40-19-6-4-18(5-7-19)24(37)27-8-2-1-3-13-32-16-20-28(14-22(33)34)9-11-30(20)25(32)31-12-10-29(15-23(35)36)21(31)17-32/h4-7,9-12,25H,1-3,8,13-17,26H2/p+3. The number of quaternary nitrogens is 1. The third kappa shape index (κ3) is 5.59. The number of rotatable bonds is 14. The van der Waals surface area contributed by atoms with E-state index in [1.165, 1.54) is 0 Å². The van der Waals surface area contributed by atoms with Crippen LogP contribution in [0.4, 0.5) is 0 Å². The summed E-state index contributed by atoms with van der Waals surface area (Å²) in [6.45, 7) is 2.45. The molecule has 0 aliphatic carbocycles. The van der Waals surface area contributed by atoms with E-state index in [2.05, 4.69) is 23.8 Å². The van der Waals surface area contributed by atoms with Crippen LogP contribution in [0, 0.1) is 0 Å². The minimum Gasteiger partial charge on any atom is -0.478 e. The topological polar surface area (TPSA) is 166 Å². The Hall–Kier alpha value is -3.76. The predicted octanol–water partition coefficient (Wildman–Crippen LogP) is 0.312. The van der Waals surface area contributed by atoms with Crippen LogP contribution in [-0.2, 0) is 45.1 Å². The molecule has 3 aromatic rings. The molecule has 2 aliphatic rings. The number of amides is 1. The molecule has 1 amide bonds. The summed E-state index contributed by atoms with van der Waals surface area (Å²) in [6.07, 6.45) is 9.92. The first-order valence-electron chi connectivity index (χ1n) is 12.9. The molecule has 1 aromatic carbocycles. The van der Waals surface area contributed by atoms with Gasteiger partial charge in [-0.3, -0.25) is 4.79 Å². The van der Waals surface area contributed by atoms with Crippen LogP contribution < -0.4 is 20.3 Å². The third-order valence-corrected chi connectivity index (χ3v) is 8.05. The lowest BCUT2D eigenvalue weighted by molar-refractivity contribution is -0.982. The van der Waals surface area contributed by atoms with Gasteiger partial charge in [-0.2, -0.15) is 5.90 Å². The van der Waals surface area contributed by atoms with Crippen LogP contribution in [-0.4, -0.2) is 54.8 Å². The zero-order valence-electron chi connectivity index (χ0n) is 21.7. The van der Waals surface area contributed by atoms with Crippen LogP contribution in [0.25, 0.3) is 0 Å². The van der Waals surface area contributed by atoms with Gasteiger partial charge in [0.05, 0.1) is 18.6 Å². The van der Waals surface area contributed by atoms with Crippen molar-refractivity contribution in [2.24, 2.45) is 5.90 Å². The quantitative estimate of drug-likeness (QED) is 0.0529. The summed E-state index contributed by atoms with van der Waals surface area (Å²) >= 11 is 0.946. The van der Waals surface area contributed by atoms with Gasteiger partial charge < -0.3 is 15.5 Å². The number of aliphatic carboxylic acids is 2. The molecule has 14 nitrogen and oxygen atoms in total. The third-order valence-electron chi connectivity index (χ3n) is 7.44. The summed E-state index contributed by atoms with van der Waals surface area (Å²) in [5.74, 6) is 4.76. The lowest BCUT2D eigenvalue weighted by Gasteiger charge is -2.28. The summed E-state index contributed by atoms with van der Waals surface area (Å²) in [6, 6.07) is 6.88. The highest BCUT2D eigenvalue weighted by molar-refractivity contribution is 7.94. The van der Waals surface area contributed by atoms with E-state index >= 15 is 0 Å². The van der Waals surface area contributed by atoms with Gasteiger partial charge in [-0.05, 0) is 43.5 Å². The van der Waals surface area contributed by atoms with Gasteiger partial charge in [0.25, 0.3) is 5.91 Å². The van der Waals surface area contributed by atoms with Gasteiger partial charge >= 0.3 is 29.9 Å². The highest BCUT2D eigenvalue weighted by Gasteiger charge is 2.62. The fourth-order valence-corrected chi connectivity index (χ4v) is 6.13. The monoisotopic (exact) mass is 574 g/mol. The second-order valence-electron chi connectivity index (χ2n) is 9.98. The Morgan fingerprint density at radius 3 is 2.12 bits per heavy atom. The van der Waals surface area contributed by atoms with Crippen LogP contribution >= 0.6 is 12.0 Å². The van der Waals surface area contributed by atoms with Gasteiger partial charge in [-0.25, -0.2) is 23.2 Å². The lowest BCUT2D eigenvalue weighted by atomic mass is 10.2. The van der Waals surface area contributed by atoms with Crippen LogP contribution in [0.2, 0.25) is 0 Å². The van der Waals surface area contributed by atoms with E-state index in [0.717, 1.165) is 54.4 Å². The Morgan fingerprint density at radius 1 is 0.975 bits per heavy atom. The number of hydrogen-bond acceptors (Lipinski definition) is 7. The number of nitrogens with zero attached hydrogens (tertiary/aromatic N) is 5. The van der Waals surface area contributed by atoms with E-state index < -0.39 is 11.9 Å². The molecule has 5 N–H and O–H groups in total. The number of carbonyl (C=O) groups excluding carboxylic acids is 1. The van der Waals surface area contributed by atoms with Crippen molar-refractivity contribution in [1.29, 1.82) is 0 Å². The van der Waals surface area contributed by atoms with Crippen molar-refractivity contribution in [2.45, 2.75) is 56.6 Å². The van der Waals surface area contributed by atoms with E-state index in [-0.39, 0.29) is 25.3 Å². The summed E-state index contributed by atoms with van der Waals surface area (Å²) in [5.41, 5.74) is 0.543. The van der Waals surface area contributed by atoms with Crippen molar-refractivity contribution >= 4 is 29.9 Å². The molecule has 2 aromatic heterocycles. The van der Waals surface area contributed by atoms with E-state index in [0.29, 0.717) is 29.7 Å². The molecular formula is C25H32N7O7S+3. The lowest BCUT2D eigenvalue weighted by Crippen LogP contribution is -2.48. The Balaban J connectivity index is 1.19. The number of nitrogens with two attached hydrogens (primary N) is 1. The number of benzene rings is 1. The zero-order valence-corrected chi connectivity index (χ0v) is 22.5. The van der Waals surface area contributed by atoms with E-state index in [4.69, 9.17) is 5.90 Å². The van der Waals surface area contributed by atoms with E-state index in [9.17, 15) is 24.6 Å². The van der Waals surface area contributed by atoms with Crippen molar-refractivity contribution < 1.29 is 47.5 Å². The molecule has 5 rings (SSSR count). The summed E-state index contributed by atoms with van der Waals surface area (Å²) in [4.78, 5) is 40.1. The number of carboxylic acid groups (broad SMARTS) is 2. The van der Waals surface area contributed by atoms with E-state index in [1.54, 1.807) is 45.8 Å². The first kappa shape index (κ1) is 27.8. The van der Waals surface area contributed by atoms with Crippen molar-refractivity contribution in [1.82, 2.24) is 14.5 Å². The normalized spacial score (nSPS) is 18.8. The Kier molecular flexibility index (Phi) is 8.18. The smallest absolute Gasteiger partial charge is 0.380 e. The SMILES string of the molecule is NOOSc1ccc(C(=O)NCCCCC[N+]23Cc4n(cc[n+]4CC(=O)O)C2n2cc[n+](CC(=O)O)c2C3)cc1. The number of carboxylic acids is 2. The molecule has 0 radical (unpaired) electrons. The molecule has 0 spiro atoms. The van der Waals surface area contributed by atoms with E-state index in [1.807, 2.05) is 12.4 Å². The first-order valence-corrected chi connectivity index (χ1v) is 13.6. The maximum absolute atomic E-state index is 12.5. The summed E-state index contributed by atoms with van der Waals surface area (Å²) < 4.78 is 13.0. The van der Waals surface area contributed by atoms with Gasteiger partial charge in [0.15, 0.2) is 26.2 Å². The zero-order chi connectivity index (χ0) is 28.3. The molecule has 40 heavy (non-hydrogen) atoms. The summed E-state index contributed by atoms with van der Waals surface area (Å²) in [7, 11) is 0. The molecule has 15 heteroatoms. The van der Waals surface area contributed by atoms with Crippen molar-refractivity contribution in [2.75, 3.05) is 13.1 Å². The van der Waals surface area contributed by atoms with Gasteiger partial charge in [-0.1, -0.05) is 0 Å². The van der Waals surface area contributed by atoms with Crippen LogP contribution in [0.3, 0.4) is 0 Å². The Morgan fingerprint density at radius 2 is 1.57 bits per heavy atom. The Labute approximate surface area is 233 Å². The fraction of sp³-hybridized carbons (Fsp3) is 0.400. The molecule has 4 heterocycles. The maximum atomic E-state index is 12.5. The maximum Gasteiger partial charge on any atom is 0.380 e. The number of aromatic nitrogens is 4. The molecule has 0 atom stereocenters. The van der Waals surface area contributed by atoms with Gasteiger partial charge in [0.1, 0.15) is 24.8 Å². The number of fused-ring (bicyclic) bond motifs is 5. The predicted molar refractivity (Wildman–Crippen MR) is 136 cm³/mol. The summed E-state index contributed by atoms with van der Waals surface area (Å²) in [5, 5.41) is 21.7. The minimum absolute atomic E-state index is 0.0993. The van der Waals surface area contributed by atoms with Gasteiger partial charge in [-0.15, -0.1) is 18.5 Å². The molecule has 0 bridgehead atoms. The average molecular weight is 575 g/mol. The van der Waals surface area contributed by atoms with Gasteiger partial charge in [0.2, 0.25) is 0 Å². The molecular weight excluding hydrogens is 542 g/mol. The largest absolute Gasteiger partial charge is 0.478 e. The van der Waals surface area contributed by atoms with Crippen molar-refractivity contribution in [3.8, 4) is 0 Å². The number of imidazole rings is 2. The number of unbranched alkanes of at least 4 members (excludes halogenated alkanes) is 2. The van der Waals surface area contributed by atoms with Crippen LogP contribution in [0.15, 0.2) is 53.9 Å². The molecule has 2 aliphatic heterocycles. The molecule has 212 valence electrons. The second kappa shape index (κ2) is 11.8. The fourth-order valence-electron chi connectivity index (χ4n) is 5.76. The Bertz CT molecular complexity index is 1340. The van der Waals surface area contributed by atoms with Crippen molar-refractivity contribution in [3.05, 3.63) is 66.3 Å². The first-order chi connectivity index (χ1) is 19.3.